The first-order chi connectivity index (χ1) is 8.69. The van der Waals surface area contributed by atoms with E-state index in [1.54, 1.807) is 0 Å². The molecule has 0 amide bonds. The molecule has 2 aromatic rings. The average Bonchev–Trinajstić information content (AvgIpc) is 2.67. The molecule has 2 rings (SSSR count). The Morgan fingerprint density at radius 2 is 1.78 bits per heavy atom. The molecule has 0 aliphatic heterocycles. The van der Waals surface area contributed by atoms with Gasteiger partial charge in [0.05, 0.1) is 6.54 Å². The van der Waals surface area contributed by atoms with Gasteiger partial charge in [0.15, 0.2) is 0 Å². The third-order valence-corrected chi connectivity index (χ3v) is 2.98. The summed E-state index contributed by atoms with van der Waals surface area (Å²) >= 11 is 0. The molecule has 0 atom stereocenters. The van der Waals surface area contributed by atoms with Crippen LogP contribution >= 0.6 is 0 Å². The first-order valence-electron chi connectivity index (χ1n) is 6.29. The summed E-state index contributed by atoms with van der Waals surface area (Å²) in [5.41, 5.74) is 2.62. The summed E-state index contributed by atoms with van der Waals surface area (Å²) in [5, 5.41) is 7.53. The highest BCUT2D eigenvalue weighted by atomic mass is 15.3. The Kier molecular flexibility index (Phi) is 4.10. The molecule has 1 N–H and O–H groups in total. The molecule has 0 aliphatic rings. The number of aromatic nitrogens is 3. The van der Waals surface area contributed by atoms with Crippen molar-refractivity contribution in [2.45, 2.75) is 26.8 Å². The first kappa shape index (κ1) is 12.8. The zero-order valence-electron chi connectivity index (χ0n) is 11.3. The van der Waals surface area contributed by atoms with Crippen LogP contribution in [0.15, 0.2) is 24.3 Å². The minimum atomic E-state index is 0.791. The van der Waals surface area contributed by atoms with Crippen molar-refractivity contribution in [2.24, 2.45) is 0 Å². The van der Waals surface area contributed by atoms with Crippen LogP contribution in [0.4, 0.5) is 0 Å². The predicted molar refractivity (Wildman–Crippen MR) is 72.7 cm³/mol. The topological polar surface area (TPSA) is 42.7 Å². The normalized spacial score (nSPS) is 10.8. The highest BCUT2D eigenvalue weighted by Gasteiger charge is 2.03. The molecule has 0 saturated heterocycles. The van der Waals surface area contributed by atoms with Gasteiger partial charge in [0.2, 0.25) is 0 Å². The highest BCUT2D eigenvalue weighted by Crippen LogP contribution is 2.08. The lowest BCUT2D eigenvalue weighted by molar-refractivity contribution is 0.656. The van der Waals surface area contributed by atoms with Crippen molar-refractivity contribution < 1.29 is 0 Å². The van der Waals surface area contributed by atoms with Crippen LogP contribution in [0.1, 0.15) is 22.8 Å². The second-order valence-corrected chi connectivity index (χ2v) is 4.53. The number of aryl methyl sites for hydroxylation is 2. The lowest BCUT2D eigenvalue weighted by Crippen LogP contribution is -2.10. The monoisotopic (exact) mass is 244 g/mol. The number of benzene rings is 1. The zero-order valence-corrected chi connectivity index (χ0v) is 11.3. The SMILES string of the molecule is CNCCc1ccc(Cn2nc(C)nc2C)cc1. The number of likely N-dealkylation sites (N-methyl/N-ethyl adjacent to an activating group) is 1. The van der Waals surface area contributed by atoms with E-state index in [0.29, 0.717) is 0 Å². The number of nitrogens with zero attached hydrogens (tertiary/aromatic N) is 3. The molecule has 0 bridgehead atoms. The average molecular weight is 244 g/mol. The third kappa shape index (κ3) is 3.17. The van der Waals surface area contributed by atoms with Crippen LogP contribution in [0, 0.1) is 13.8 Å². The number of hydrogen-bond donors (Lipinski definition) is 1. The van der Waals surface area contributed by atoms with E-state index in [2.05, 4.69) is 39.7 Å². The summed E-state index contributed by atoms with van der Waals surface area (Å²) in [6.07, 6.45) is 1.07. The van der Waals surface area contributed by atoms with E-state index < -0.39 is 0 Å². The van der Waals surface area contributed by atoms with Gasteiger partial charge in [-0.3, -0.25) is 0 Å². The molecule has 0 unspecified atom stereocenters. The highest BCUT2D eigenvalue weighted by molar-refractivity contribution is 5.23. The summed E-state index contributed by atoms with van der Waals surface area (Å²) in [4.78, 5) is 4.31. The molecule has 0 aliphatic carbocycles. The molecule has 0 spiro atoms. The minimum absolute atomic E-state index is 0.791. The maximum Gasteiger partial charge on any atom is 0.147 e. The van der Waals surface area contributed by atoms with Crippen molar-refractivity contribution in [3.63, 3.8) is 0 Å². The van der Waals surface area contributed by atoms with Gasteiger partial charge in [-0.1, -0.05) is 24.3 Å². The van der Waals surface area contributed by atoms with Crippen molar-refractivity contribution in [1.82, 2.24) is 20.1 Å². The van der Waals surface area contributed by atoms with Crippen LogP contribution in [0.3, 0.4) is 0 Å². The summed E-state index contributed by atoms with van der Waals surface area (Å²) in [7, 11) is 1.98. The Bertz CT molecular complexity index is 499. The van der Waals surface area contributed by atoms with Gasteiger partial charge in [0, 0.05) is 0 Å². The Morgan fingerprint density at radius 1 is 1.11 bits per heavy atom. The Hall–Kier alpha value is -1.68. The lowest BCUT2D eigenvalue weighted by atomic mass is 10.1. The van der Waals surface area contributed by atoms with E-state index in [1.165, 1.54) is 11.1 Å². The van der Waals surface area contributed by atoms with E-state index in [9.17, 15) is 0 Å². The third-order valence-electron chi connectivity index (χ3n) is 2.98. The second kappa shape index (κ2) is 5.78. The van der Waals surface area contributed by atoms with Gasteiger partial charge in [0.25, 0.3) is 0 Å². The Balaban J connectivity index is 2.04. The summed E-state index contributed by atoms with van der Waals surface area (Å²) in [6, 6.07) is 8.71. The van der Waals surface area contributed by atoms with Crippen molar-refractivity contribution in [2.75, 3.05) is 13.6 Å². The molecule has 4 heteroatoms. The van der Waals surface area contributed by atoms with Crippen molar-refractivity contribution in [1.29, 1.82) is 0 Å². The summed E-state index contributed by atoms with van der Waals surface area (Å²) in [6.45, 7) is 5.71. The standard InChI is InChI=1S/C14H20N4/c1-11-16-12(2)18(17-11)10-14-6-4-13(5-7-14)8-9-15-3/h4-7,15H,8-10H2,1-3H3. The summed E-state index contributed by atoms with van der Waals surface area (Å²) < 4.78 is 1.94. The predicted octanol–water partition coefficient (Wildman–Crippen LogP) is 1.71. The molecular formula is C14H20N4. The number of rotatable bonds is 5. The second-order valence-electron chi connectivity index (χ2n) is 4.53. The molecule has 4 nitrogen and oxygen atoms in total. The zero-order chi connectivity index (χ0) is 13.0. The van der Waals surface area contributed by atoms with Crippen molar-refractivity contribution in [3.05, 3.63) is 47.0 Å². The molecular weight excluding hydrogens is 224 g/mol. The van der Waals surface area contributed by atoms with E-state index in [4.69, 9.17) is 0 Å². The maximum atomic E-state index is 4.37. The van der Waals surface area contributed by atoms with Crippen LogP contribution in [0.2, 0.25) is 0 Å². The molecule has 0 saturated carbocycles. The summed E-state index contributed by atoms with van der Waals surface area (Å²) in [5.74, 6) is 1.80. The largest absolute Gasteiger partial charge is 0.319 e. The van der Waals surface area contributed by atoms with Crippen LogP contribution in [0.5, 0.6) is 0 Å². The fourth-order valence-corrected chi connectivity index (χ4v) is 1.96. The van der Waals surface area contributed by atoms with Crippen LogP contribution in [-0.2, 0) is 13.0 Å². The smallest absolute Gasteiger partial charge is 0.147 e. The quantitative estimate of drug-likeness (QED) is 0.870. The van der Waals surface area contributed by atoms with Crippen molar-refractivity contribution >= 4 is 0 Å². The van der Waals surface area contributed by atoms with Crippen molar-refractivity contribution in [3.8, 4) is 0 Å². The van der Waals surface area contributed by atoms with Crippen LogP contribution < -0.4 is 5.32 Å². The van der Waals surface area contributed by atoms with Crippen LogP contribution in [0.25, 0.3) is 0 Å². The number of hydrogen-bond acceptors (Lipinski definition) is 3. The molecule has 1 aromatic carbocycles. The van der Waals surface area contributed by atoms with Gasteiger partial charge in [-0.2, -0.15) is 5.10 Å². The van der Waals surface area contributed by atoms with E-state index in [0.717, 1.165) is 31.2 Å². The molecule has 1 aromatic heterocycles. The van der Waals surface area contributed by atoms with E-state index in [-0.39, 0.29) is 0 Å². The number of nitrogens with one attached hydrogen (secondary N) is 1. The molecule has 1 heterocycles. The maximum absolute atomic E-state index is 4.37. The molecule has 18 heavy (non-hydrogen) atoms. The lowest BCUT2D eigenvalue weighted by Gasteiger charge is -2.05. The Morgan fingerprint density at radius 3 is 2.33 bits per heavy atom. The first-order valence-corrected chi connectivity index (χ1v) is 6.29. The van der Waals surface area contributed by atoms with Gasteiger partial charge in [-0.15, -0.1) is 0 Å². The minimum Gasteiger partial charge on any atom is -0.319 e. The molecule has 0 fully saturated rings. The molecule has 96 valence electrons. The van der Waals surface area contributed by atoms with Gasteiger partial charge in [-0.05, 0) is 45.0 Å². The van der Waals surface area contributed by atoms with Gasteiger partial charge >= 0.3 is 0 Å². The van der Waals surface area contributed by atoms with E-state index in [1.807, 2.05) is 25.6 Å². The van der Waals surface area contributed by atoms with Gasteiger partial charge < -0.3 is 5.32 Å². The van der Waals surface area contributed by atoms with Gasteiger partial charge in [0.1, 0.15) is 11.6 Å². The van der Waals surface area contributed by atoms with Crippen LogP contribution in [-0.4, -0.2) is 28.4 Å². The van der Waals surface area contributed by atoms with Gasteiger partial charge in [-0.25, -0.2) is 9.67 Å². The molecule has 0 radical (unpaired) electrons. The fourth-order valence-electron chi connectivity index (χ4n) is 1.96. The fraction of sp³-hybridized carbons (Fsp3) is 0.429. The van der Waals surface area contributed by atoms with E-state index >= 15 is 0 Å². The Labute approximate surface area is 108 Å².